The van der Waals surface area contributed by atoms with E-state index in [2.05, 4.69) is 24.3 Å². The molecule has 0 saturated carbocycles. The quantitative estimate of drug-likeness (QED) is 0.543. The van der Waals surface area contributed by atoms with Gasteiger partial charge in [0.1, 0.15) is 0 Å². The molecular weight excluding hydrogens is 180 g/mol. The van der Waals surface area contributed by atoms with Gasteiger partial charge in [-0.2, -0.15) is 0 Å². The Balaban J connectivity index is 2.51. The fourth-order valence-electron chi connectivity index (χ4n) is 1.15. The maximum Gasteiger partial charge on any atom is -0.0273 e. The van der Waals surface area contributed by atoms with Crippen LogP contribution in [0.15, 0.2) is 66.8 Å². The van der Waals surface area contributed by atoms with Crippen molar-refractivity contribution in [3.8, 4) is 0 Å². The van der Waals surface area contributed by atoms with Gasteiger partial charge in [0.15, 0.2) is 0 Å². The zero-order valence-electron chi connectivity index (χ0n) is 8.97. The Hall–Kier alpha value is -1.56. The van der Waals surface area contributed by atoms with Crippen molar-refractivity contribution in [3.63, 3.8) is 0 Å². The van der Waals surface area contributed by atoms with E-state index in [-0.39, 0.29) is 0 Å². The molecule has 1 rings (SSSR count). The van der Waals surface area contributed by atoms with E-state index in [9.17, 15) is 0 Å². The standard InChI is InChI=1S/C15H17/c1-2-4-6-8-10-12-14-15-13-11-9-7-5-3-1/h1-11H,12,14-15H2/b2-1+,5-3+,6-4-,9-7-,10-8+,13-11?. The second-order valence-electron chi connectivity index (χ2n) is 3.23. The van der Waals surface area contributed by atoms with Gasteiger partial charge in [-0.15, -0.1) is 0 Å². The van der Waals surface area contributed by atoms with Gasteiger partial charge >= 0.3 is 0 Å². The minimum Gasteiger partial charge on any atom is -0.0845 e. The van der Waals surface area contributed by atoms with Gasteiger partial charge in [-0.1, -0.05) is 66.8 Å². The Morgan fingerprint density at radius 3 is 2.00 bits per heavy atom. The van der Waals surface area contributed by atoms with E-state index in [1.165, 1.54) is 6.42 Å². The molecule has 0 amide bonds. The highest BCUT2D eigenvalue weighted by Crippen LogP contribution is 1.98. The lowest BCUT2D eigenvalue weighted by molar-refractivity contribution is 0.855. The average molecular weight is 197 g/mol. The highest BCUT2D eigenvalue weighted by Gasteiger charge is 1.79. The van der Waals surface area contributed by atoms with Crippen molar-refractivity contribution in [2.75, 3.05) is 0 Å². The summed E-state index contributed by atoms with van der Waals surface area (Å²) in [6.45, 7) is 0. The lowest BCUT2D eigenvalue weighted by atomic mass is 10.2. The predicted octanol–water partition coefficient (Wildman–Crippen LogP) is 4.31. The first-order valence-electron chi connectivity index (χ1n) is 5.38. The molecular formula is C15H17. The third-order valence-electron chi connectivity index (χ3n) is 1.93. The topological polar surface area (TPSA) is 0 Å². The predicted molar refractivity (Wildman–Crippen MR) is 67.4 cm³/mol. The fraction of sp³-hybridized carbons (Fsp3) is 0.200. The summed E-state index contributed by atoms with van der Waals surface area (Å²) in [6, 6.07) is 0. The smallest absolute Gasteiger partial charge is 0.0273 e. The maximum atomic E-state index is 3.24. The van der Waals surface area contributed by atoms with Crippen LogP contribution in [0.1, 0.15) is 19.3 Å². The van der Waals surface area contributed by atoms with Crippen molar-refractivity contribution in [1.29, 1.82) is 0 Å². The van der Waals surface area contributed by atoms with E-state index in [0.717, 1.165) is 12.8 Å². The van der Waals surface area contributed by atoms with E-state index >= 15 is 0 Å². The number of allylic oxidation sites excluding steroid dienone is 12. The molecule has 0 bridgehead atoms. The minimum absolute atomic E-state index is 1.03. The normalized spacial score (nSPS) is 30.4. The number of hydrogen-bond donors (Lipinski definition) is 0. The maximum absolute atomic E-state index is 3.24. The van der Waals surface area contributed by atoms with Crippen LogP contribution >= 0.6 is 0 Å². The number of hydrogen-bond acceptors (Lipinski definition) is 0. The van der Waals surface area contributed by atoms with Crippen LogP contribution < -0.4 is 0 Å². The third-order valence-corrected chi connectivity index (χ3v) is 1.93. The summed E-state index contributed by atoms with van der Waals surface area (Å²) in [6.07, 6.45) is 29.0. The lowest BCUT2D eigenvalue weighted by Crippen LogP contribution is -1.68. The summed E-state index contributed by atoms with van der Waals surface area (Å²) in [5, 5.41) is 0. The molecule has 1 aliphatic carbocycles. The van der Waals surface area contributed by atoms with Crippen molar-refractivity contribution in [3.05, 3.63) is 72.9 Å². The third kappa shape index (κ3) is 7.51. The largest absolute Gasteiger partial charge is 0.0845 e. The van der Waals surface area contributed by atoms with E-state index in [1.807, 2.05) is 48.6 Å². The summed E-state index contributed by atoms with van der Waals surface area (Å²) >= 11 is 0. The molecule has 0 heterocycles. The Morgan fingerprint density at radius 2 is 1.27 bits per heavy atom. The van der Waals surface area contributed by atoms with Crippen LogP contribution in [0.5, 0.6) is 0 Å². The van der Waals surface area contributed by atoms with Gasteiger partial charge < -0.3 is 0 Å². The zero-order chi connectivity index (χ0) is 10.6. The van der Waals surface area contributed by atoms with Gasteiger partial charge in [0.2, 0.25) is 0 Å². The van der Waals surface area contributed by atoms with Gasteiger partial charge in [0, 0.05) is 0 Å². The van der Waals surface area contributed by atoms with Crippen LogP contribution in [0.3, 0.4) is 0 Å². The second-order valence-corrected chi connectivity index (χ2v) is 3.23. The Labute approximate surface area is 92.7 Å². The summed E-state index contributed by atoms with van der Waals surface area (Å²) in [4.78, 5) is 0. The van der Waals surface area contributed by atoms with Crippen LogP contribution in [0.4, 0.5) is 0 Å². The summed E-state index contributed by atoms with van der Waals surface area (Å²) in [5.41, 5.74) is 0. The first-order chi connectivity index (χ1) is 7.50. The Bertz CT molecular complexity index is 277. The van der Waals surface area contributed by atoms with E-state index in [0.29, 0.717) is 0 Å². The van der Waals surface area contributed by atoms with Crippen molar-refractivity contribution in [1.82, 2.24) is 0 Å². The van der Waals surface area contributed by atoms with Gasteiger partial charge in [0.25, 0.3) is 0 Å². The summed E-state index contributed by atoms with van der Waals surface area (Å²) in [7, 11) is 0. The average Bonchev–Trinajstić information content (AvgIpc) is 2.27. The van der Waals surface area contributed by atoms with Crippen LogP contribution in [0.25, 0.3) is 0 Å². The zero-order valence-corrected chi connectivity index (χ0v) is 8.97. The van der Waals surface area contributed by atoms with E-state index in [4.69, 9.17) is 0 Å². The molecule has 0 fully saturated rings. The van der Waals surface area contributed by atoms with Crippen molar-refractivity contribution in [2.24, 2.45) is 0 Å². The summed E-state index contributed by atoms with van der Waals surface area (Å²) < 4.78 is 0. The van der Waals surface area contributed by atoms with E-state index < -0.39 is 0 Å². The van der Waals surface area contributed by atoms with Crippen LogP contribution in [0.2, 0.25) is 0 Å². The van der Waals surface area contributed by atoms with Crippen molar-refractivity contribution < 1.29 is 0 Å². The molecule has 0 saturated heterocycles. The molecule has 1 radical (unpaired) electrons. The van der Waals surface area contributed by atoms with Crippen molar-refractivity contribution in [2.45, 2.75) is 19.3 Å². The summed E-state index contributed by atoms with van der Waals surface area (Å²) in [5.74, 6) is 0. The highest BCUT2D eigenvalue weighted by molar-refractivity contribution is 5.19. The molecule has 0 N–H and O–H groups in total. The molecule has 0 heteroatoms. The van der Waals surface area contributed by atoms with Gasteiger partial charge in [-0.3, -0.25) is 0 Å². The molecule has 0 aromatic rings. The van der Waals surface area contributed by atoms with Crippen LogP contribution in [-0.2, 0) is 0 Å². The molecule has 0 nitrogen and oxygen atoms in total. The molecule has 15 heavy (non-hydrogen) atoms. The molecule has 0 atom stereocenters. The SMILES string of the molecule is [C]1=C/C=C\C=C\C=C\C=C/C=C/CCC/1. The van der Waals surface area contributed by atoms with Gasteiger partial charge in [-0.05, 0) is 25.3 Å². The second kappa shape index (κ2) is 9.01. The molecule has 77 valence electrons. The molecule has 0 aromatic heterocycles. The fourth-order valence-corrected chi connectivity index (χ4v) is 1.15. The Morgan fingerprint density at radius 1 is 0.667 bits per heavy atom. The minimum atomic E-state index is 1.03. The number of rotatable bonds is 0. The highest BCUT2D eigenvalue weighted by atomic mass is 13.8. The van der Waals surface area contributed by atoms with E-state index in [1.54, 1.807) is 0 Å². The molecule has 0 aromatic carbocycles. The molecule has 1 aliphatic rings. The molecule has 0 unspecified atom stereocenters. The van der Waals surface area contributed by atoms with Gasteiger partial charge in [0.05, 0.1) is 0 Å². The van der Waals surface area contributed by atoms with Crippen LogP contribution in [0, 0.1) is 6.08 Å². The van der Waals surface area contributed by atoms with Gasteiger partial charge in [-0.25, -0.2) is 0 Å². The first kappa shape index (κ1) is 11.5. The lowest BCUT2D eigenvalue weighted by Gasteiger charge is -1.87. The molecule has 0 aliphatic heterocycles. The monoisotopic (exact) mass is 197 g/mol. The first-order valence-corrected chi connectivity index (χ1v) is 5.38. The van der Waals surface area contributed by atoms with Crippen LogP contribution in [-0.4, -0.2) is 0 Å². The Kier molecular flexibility index (Phi) is 6.92. The van der Waals surface area contributed by atoms with Crippen molar-refractivity contribution >= 4 is 0 Å². The molecule has 0 spiro atoms.